The highest BCUT2D eigenvalue weighted by molar-refractivity contribution is 14.1. The third kappa shape index (κ3) is 5.76. The van der Waals surface area contributed by atoms with E-state index in [2.05, 4.69) is 57.6 Å². The lowest BCUT2D eigenvalue weighted by molar-refractivity contribution is 0.0240. The van der Waals surface area contributed by atoms with E-state index in [1.807, 2.05) is 25.7 Å². The topological polar surface area (TPSA) is 48.0 Å². The molecule has 2 aliphatic rings. The molecule has 1 aromatic rings. The molecule has 2 aliphatic heterocycles. The molecule has 1 amide bonds. The molecule has 29 heavy (non-hydrogen) atoms. The first kappa shape index (κ1) is 22.6. The van der Waals surface area contributed by atoms with E-state index in [-0.39, 0.29) is 6.09 Å². The number of rotatable bonds is 3. The number of hydrogen-bond donors (Lipinski definition) is 1. The normalized spacial score (nSPS) is 18.8. The molecule has 0 atom stereocenters. The Hall–Kier alpha value is -1.06. The van der Waals surface area contributed by atoms with Gasteiger partial charge in [0.25, 0.3) is 0 Å². The van der Waals surface area contributed by atoms with Gasteiger partial charge >= 0.3 is 6.09 Å². The van der Waals surface area contributed by atoms with Crippen molar-refractivity contribution in [3.05, 3.63) is 26.3 Å². The second kappa shape index (κ2) is 9.39. The van der Waals surface area contributed by atoms with E-state index in [1.54, 1.807) is 0 Å². The number of nitrogens with zero attached hydrogens (tertiary/aromatic N) is 3. The first-order valence-electron chi connectivity index (χ1n) is 10.6. The molecule has 2 saturated heterocycles. The minimum atomic E-state index is -0.449. The van der Waals surface area contributed by atoms with Crippen LogP contribution >= 0.6 is 22.6 Å². The fourth-order valence-electron chi connectivity index (χ4n) is 4.10. The molecule has 3 rings (SSSR count). The summed E-state index contributed by atoms with van der Waals surface area (Å²) in [7, 11) is 0. The Balaban J connectivity index is 1.72. The fraction of sp³-hybridized carbons (Fsp3) is 0.682. The second-order valence-corrected chi connectivity index (χ2v) is 10.3. The van der Waals surface area contributed by atoms with Gasteiger partial charge in [0, 0.05) is 68.2 Å². The molecule has 162 valence electrons. The Morgan fingerprint density at radius 2 is 1.69 bits per heavy atom. The number of carbonyl (C=O) groups is 1. The van der Waals surface area contributed by atoms with Crippen LogP contribution < -0.4 is 10.2 Å². The highest BCUT2D eigenvalue weighted by atomic mass is 127. The molecule has 2 heterocycles. The monoisotopic (exact) mass is 514 g/mol. The molecular formula is C22H35IN4O2. The summed E-state index contributed by atoms with van der Waals surface area (Å²) in [5.74, 6) is 0. The number of benzene rings is 1. The average Bonchev–Trinajstić information content (AvgIpc) is 2.66. The molecule has 1 N–H and O–H groups in total. The van der Waals surface area contributed by atoms with E-state index in [1.165, 1.54) is 25.9 Å². The minimum absolute atomic E-state index is 0.201. The summed E-state index contributed by atoms with van der Waals surface area (Å²) in [4.78, 5) is 19.2. The lowest BCUT2D eigenvalue weighted by atomic mass is 10.00. The summed E-state index contributed by atoms with van der Waals surface area (Å²) in [5, 5.41) is 3.43. The van der Waals surface area contributed by atoms with Gasteiger partial charge in [-0.3, -0.25) is 4.90 Å². The number of nitrogens with one attached hydrogen (secondary N) is 1. The molecule has 0 aliphatic carbocycles. The van der Waals surface area contributed by atoms with Crippen molar-refractivity contribution in [2.45, 2.75) is 46.8 Å². The van der Waals surface area contributed by atoms with Gasteiger partial charge in [0.2, 0.25) is 0 Å². The summed E-state index contributed by atoms with van der Waals surface area (Å²) in [6.45, 7) is 18.7. The largest absolute Gasteiger partial charge is 0.444 e. The number of hydrogen-bond acceptors (Lipinski definition) is 5. The summed E-state index contributed by atoms with van der Waals surface area (Å²) >= 11 is 2.47. The number of halogens is 1. The predicted molar refractivity (Wildman–Crippen MR) is 127 cm³/mol. The van der Waals surface area contributed by atoms with Crippen molar-refractivity contribution < 1.29 is 9.53 Å². The first-order valence-corrected chi connectivity index (χ1v) is 11.7. The van der Waals surface area contributed by atoms with Gasteiger partial charge in [-0.05, 0) is 80.0 Å². The van der Waals surface area contributed by atoms with Crippen molar-refractivity contribution in [2.24, 2.45) is 0 Å². The van der Waals surface area contributed by atoms with Crippen LogP contribution in [0.4, 0.5) is 10.5 Å². The lowest BCUT2D eigenvalue weighted by Crippen LogP contribution is -2.50. The Morgan fingerprint density at radius 1 is 1.07 bits per heavy atom. The van der Waals surface area contributed by atoms with E-state index >= 15 is 0 Å². The van der Waals surface area contributed by atoms with Gasteiger partial charge in [-0.2, -0.15) is 0 Å². The van der Waals surface area contributed by atoms with Crippen LogP contribution in [0, 0.1) is 17.4 Å². The third-order valence-electron chi connectivity index (χ3n) is 5.70. The molecule has 6 nitrogen and oxygen atoms in total. The Bertz CT molecular complexity index is 733. The van der Waals surface area contributed by atoms with E-state index in [4.69, 9.17) is 4.74 Å². The summed E-state index contributed by atoms with van der Waals surface area (Å²) in [6.07, 6.45) is -0.201. The van der Waals surface area contributed by atoms with Crippen molar-refractivity contribution in [2.75, 3.05) is 57.3 Å². The number of amides is 1. The van der Waals surface area contributed by atoms with Crippen molar-refractivity contribution in [3.63, 3.8) is 0 Å². The van der Waals surface area contributed by atoms with Crippen molar-refractivity contribution in [1.82, 2.24) is 15.1 Å². The number of carbonyl (C=O) groups excluding carboxylic acids is 1. The van der Waals surface area contributed by atoms with Crippen LogP contribution in [0.3, 0.4) is 0 Å². The van der Waals surface area contributed by atoms with Gasteiger partial charge in [-0.1, -0.05) is 0 Å². The molecule has 0 saturated carbocycles. The number of ether oxygens (including phenoxy) is 1. The summed E-state index contributed by atoms with van der Waals surface area (Å²) in [6, 6.07) is 2.35. The van der Waals surface area contributed by atoms with Crippen LogP contribution in [-0.2, 0) is 11.3 Å². The number of piperazine rings is 2. The molecule has 0 aromatic heterocycles. The van der Waals surface area contributed by atoms with E-state index < -0.39 is 5.60 Å². The molecular weight excluding hydrogens is 479 g/mol. The van der Waals surface area contributed by atoms with Gasteiger partial charge in [0.1, 0.15) is 5.60 Å². The third-order valence-corrected chi connectivity index (χ3v) is 6.82. The SMILES string of the molecule is Cc1c(I)cc(CN2CCNCC2)c(C)c1N1CCN(C(=O)OC(C)(C)C)CC1. The Kier molecular flexibility index (Phi) is 7.32. The zero-order valence-corrected chi connectivity index (χ0v) is 20.6. The molecule has 0 radical (unpaired) electrons. The minimum Gasteiger partial charge on any atom is -0.444 e. The predicted octanol–water partition coefficient (Wildman–Crippen LogP) is 3.37. The standard InChI is InChI=1S/C22H35IN4O2/c1-16-18(15-25-8-6-24-7-9-25)14-19(23)17(2)20(16)26-10-12-27(13-11-26)21(28)29-22(3,4)5/h14,24H,6-13,15H2,1-5H3. The fourth-order valence-corrected chi connectivity index (χ4v) is 4.74. The average molecular weight is 514 g/mol. The second-order valence-electron chi connectivity index (χ2n) is 9.10. The molecule has 1 aromatic carbocycles. The molecule has 0 unspecified atom stereocenters. The van der Waals surface area contributed by atoms with Crippen LogP contribution in [0.2, 0.25) is 0 Å². The van der Waals surface area contributed by atoms with Gasteiger partial charge in [0.05, 0.1) is 0 Å². The van der Waals surface area contributed by atoms with Crippen LogP contribution in [0.1, 0.15) is 37.5 Å². The lowest BCUT2D eigenvalue weighted by Gasteiger charge is -2.38. The quantitative estimate of drug-likeness (QED) is 0.628. The van der Waals surface area contributed by atoms with Crippen LogP contribution in [0.15, 0.2) is 6.07 Å². The van der Waals surface area contributed by atoms with Crippen molar-refractivity contribution in [1.29, 1.82) is 0 Å². The zero-order chi connectivity index (χ0) is 21.2. The molecule has 2 fully saturated rings. The maximum absolute atomic E-state index is 12.4. The zero-order valence-electron chi connectivity index (χ0n) is 18.5. The molecule has 7 heteroatoms. The van der Waals surface area contributed by atoms with Crippen LogP contribution in [-0.4, -0.2) is 73.9 Å². The molecule has 0 spiro atoms. The van der Waals surface area contributed by atoms with Crippen molar-refractivity contribution >= 4 is 34.4 Å². The Morgan fingerprint density at radius 3 is 2.28 bits per heavy atom. The first-order chi connectivity index (χ1) is 13.7. The van der Waals surface area contributed by atoms with Crippen molar-refractivity contribution in [3.8, 4) is 0 Å². The van der Waals surface area contributed by atoms with Gasteiger partial charge in [0.15, 0.2) is 0 Å². The smallest absolute Gasteiger partial charge is 0.410 e. The molecule has 0 bridgehead atoms. The Labute approximate surface area is 189 Å². The van der Waals surface area contributed by atoms with Gasteiger partial charge < -0.3 is 19.9 Å². The summed E-state index contributed by atoms with van der Waals surface area (Å²) < 4.78 is 6.87. The van der Waals surface area contributed by atoms with E-state index in [9.17, 15) is 4.79 Å². The highest BCUT2D eigenvalue weighted by Crippen LogP contribution is 2.33. The highest BCUT2D eigenvalue weighted by Gasteiger charge is 2.28. The number of anilines is 1. The van der Waals surface area contributed by atoms with Gasteiger partial charge in [-0.25, -0.2) is 4.79 Å². The maximum Gasteiger partial charge on any atom is 0.410 e. The van der Waals surface area contributed by atoms with Crippen LogP contribution in [0.5, 0.6) is 0 Å². The van der Waals surface area contributed by atoms with E-state index in [0.717, 1.165) is 45.8 Å². The van der Waals surface area contributed by atoms with E-state index in [0.29, 0.717) is 13.1 Å². The van der Waals surface area contributed by atoms with Gasteiger partial charge in [-0.15, -0.1) is 0 Å². The summed E-state index contributed by atoms with van der Waals surface area (Å²) in [5.41, 5.74) is 5.05. The van der Waals surface area contributed by atoms with Crippen LogP contribution in [0.25, 0.3) is 0 Å². The maximum atomic E-state index is 12.4.